The molecule has 0 heterocycles. The number of rotatable bonds is 4. The van der Waals surface area contributed by atoms with Gasteiger partial charge in [-0.15, -0.1) is 0 Å². The van der Waals surface area contributed by atoms with Crippen LogP contribution in [0.4, 0.5) is 13.2 Å². The first kappa shape index (κ1) is 13.8. The third-order valence-corrected chi connectivity index (χ3v) is 2.39. The molecule has 96 valence electrons. The van der Waals surface area contributed by atoms with Gasteiger partial charge in [0.05, 0.1) is 6.61 Å². The Morgan fingerprint density at radius 2 is 2.00 bits per heavy atom. The van der Waals surface area contributed by atoms with E-state index in [0.717, 1.165) is 6.07 Å². The minimum Gasteiger partial charge on any atom is -0.494 e. The number of ether oxygens (including phenoxy) is 1. The number of alkyl halides is 3. The molecule has 3 N–H and O–H groups in total. The van der Waals surface area contributed by atoms with Crippen LogP contribution in [-0.4, -0.2) is 24.4 Å². The highest BCUT2D eigenvalue weighted by Crippen LogP contribution is 2.38. The molecular weight excluding hydrogens is 235 g/mol. The lowest BCUT2D eigenvalue weighted by atomic mass is 9.93. The normalized spacial score (nSPS) is 15.4. The Morgan fingerprint density at radius 1 is 1.35 bits per heavy atom. The van der Waals surface area contributed by atoms with Crippen molar-refractivity contribution in [1.29, 1.82) is 0 Å². The van der Waals surface area contributed by atoms with Crippen LogP contribution in [0.2, 0.25) is 0 Å². The molecule has 0 aliphatic heterocycles. The van der Waals surface area contributed by atoms with Gasteiger partial charge in [-0.05, 0) is 24.6 Å². The second kappa shape index (κ2) is 4.93. The minimum absolute atomic E-state index is 0.265. The van der Waals surface area contributed by atoms with E-state index in [4.69, 9.17) is 10.5 Å². The van der Waals surface area contributed by atoms with Gasteiger partial charge in [-0.1, -0.05) is 12.1 Å². The topological polar surface area (TPSA) is 55.5 Å². The minimum atomic E-state index is -4.83. The molecule has 1 aromatic carbocycles. The molecule has 0 saturated heterocycles. The third-order valence-electron chi connectivity index (χ3n) is 2.39. The highest BCUT2D eigenvalue weighted by Gasteiger charge is 2.54. The molecule has 17 heavy (non-hydrogen) atoms. The number of hydrogen-bond donors (Lipinski definition) is 2. The van der Waals surface area contributed by atoms with Crippen LogP contribution in [0.15, 0.2) is 24.3 Å². The van der Waals surface area contributed by atoms with E-state index in [0.29, 0.717) is 6.61 Å². The van der Waals surface area contributed by atoms with E-state index in [9.17, 15) is 18.3 Å². The summed E-state index contributed by atoms with van der Waals surface area (Å²) < 4.78 is 43.3. The highest BCUT2D eigenvalue weighted by atomic mass is 19.4. The van der Waals surface area contributed by atoms with Gasteiger partial charge in [-0.2, -0.15) is 13.2 Å². The fourth-order valence-corrected chi connectivity index (χ4v) is 1.41. The summed E-state index contributed by atoms with van der Waals surface area (Å²) in [7, 11) is 0. The van der Waals surface area contributed by atoms with Crippen molar-refractivity contribution < 1.29 is 23.0 Å². The molecule has 6 heteroatoms. The van der Waals surface area contributed by atoms with Crippen LogP contribution in [0.1, 0.15) is 12.5 Å². The van der Waals surface area contributed by atoms with Gasteiger partial charge in [0.25, 0.3) is 0 Å². The summed E-state index contributed by atoms with van der Waals surface area (Å²) in [6.45, 7) is 1.11. The van der Waals surface area contributed by atoms with Crippen molar-refractivity contribution in [2.45, 2.75) is 18.7 Å². The van der Waals surface area contributed by atoms with Crippen molar-refractivity contribution >= 4 is 0 Å². The molecule has 0 aromatic heterocycles. The molecule has 0 saturated carbocycles. The van der Waals surface area contributed by atoms with Gasteiger partial charge in [0.1, 0.15) is 5.75 Å². The standard InChI is InChI=1S/C11H14F3NO2/c1-2-17-9-5-3-4-8(6-9)10(16,7-15)11(12,13)14/h3-6,16H,2,7,15H2,1H3. The van der Waals surface area contributed by atoms with Crippen LogP contribution in [0.3, 0.4) is 0 Å². The lowest BCUT2D eigenvalue weighted by Gasteiger charge is -2.29. The molecular formula is C11H14F3NO2. The second-order valence-electron chi connectivity index (χ2n) is 3.52. The molecule has 0 bridgehead atoms. The first-order valence-corrected chi connectivity index (χ1v) is 5.07. The van der Waals surface area contributed by atoms with Gasteiger partial charge in [0, 0.05) is 6.54 Å². The maximum absolute atomic E-state index is 12.7. The number of benzene rings is 1. The maximum Gasteiger partial charge on any atom is 0.422 e. The van der Waals surface area contributed by atoms with Gasteiger partial charge in [0.15, 0.2) is 5.60 Å². The number of nitrogens with two attached hydrogens (primary N) is 1. The molecule has 1 aromatic rings. The fourth-order valence-electron chi connectivity index (χ4n) is 1.41. The Labute approximate surface area is 97.0 Å². The van der Waals surface area contributed by atoms with Crippen LogP contribution in [-0.2, 0) is 5.60 Å². The molecule has 0 fully saturated rings. The van der Waals surface area contributed by atoms with Crippen molar-refractivity contribution in [1.82, 2.24) is 0 Å². The molecule has 0 aliphatic rings. The zero-order valence-electron chi connectivity index (χ0n) is 9.29. The molecule has 0 radical (unpaired) electrons. The fraction of sp³-hybridized carbons (Fsp3) is 0.455. The Bertz CT molecular complexity index is 381. The molecule has 1 atom stereocenters. The number of hydrogen-bond acceptors (Lipinski definition) is 3. The molecule has 0 aliphatic carbocycles. The van der Waals surface area contributed by atoms with E-state index in [2.05, 4.69) is 0 Å². The zero-order chi connectivity index (χ0) is 13.1. The van der Waals surface area contributed by atoms with Crippen molar-refractivity contribution in [3.05, 3.63) is 29.8 Å². The predicted octanol–water partition coefficient (Wildman–Crippen LogP) is 1.79. The molecule has 3 nitrogen and oxygen atoms in total. The monoisotopic (exact) mass is 249 g/mol. The average molecular weight is 249 g/mol. The molecule has 0 amide bonds. The number of aliphatic hydroxyl groups is 1. The average Bonchev–Trinajstić information content (AvgIpc) is 2.27. The summed E-state index contributed by atoms with van der Waals surface area (Å²) in [6.07, 6.45) is -4.83. The van der Waals surface area contributed by atoms with Crippen LogP contribution in [0, 0.1) is 0 Å². The summed E-state index contributed by atoms with van der Waals surface area (Å²) >= 11 is 0. The van der Waals surface area contributed by atoms with Crippen LogP contribution in [0.25, 0.3) is 0 Å². The second-order valence-corrected chi connectivity index (χ2v) is 3.52. The van der Waals surface area contributed by atoms with Crippen molar-refractivity contribution in [2.24, 2.45) is 5.73 Å². The van der Waals surface area contributed by atoms with Gasteiger partial charge < -0.3 is 15.6 Å². The van der Waals surface area contributed by atoms with E-state index < -0.39 is 18.3 Å². The van der Waals surface area contributed by atoms with E-state index >= 15 is 0 Å². The zero-order valence-corrected chi connectivity index (χ0v) is 9.29. The lowest BCUT2D eigenvalue weighted by molar-refractivity contribution is -0.262. The van der Waals surface area contributed by atoms with Crippen molar-refractivity contribution in [2.75, 3.05) is 13.2 Å². The summed E-state index contributed by atoms with van der Waals surface area (Å²) in [6, 6.07) is 5.21. The van der Waals surface area contributed by atoms with E-state index in [1.54, 1.807) is 6.92 Å². The Kier molecular flexibility index (Phi) is 4.00. The smallest absolute Gasteiger partial charge is 0.422 e. The first-order valence-electron chi connectivity index (χ1n) is 5.07. The lowest BCUT2D eigenvalue weighted by Crippen LogP contribution is -2.48. The predicted molar refractivity (Wildman–Crippen MR) is 56.6 cm³/mol. The van der Waals surface area contributed by atoms with Crippen LogP contribution >= 0.6 is 0 Å². The van der Waals surface area contributed by atoms with E-state index in [-0.39, 0.29) is 11.3 Å². The summed E-state index contributed by atoms with van der Waals surface area (Å²) in [5, 5.41) is 9.61. The third kappa shape index (κ3) is 2.70. The van der Waals surface area contributed by atoms with Gasteiger partial charge in [0.2, 0.25) is 0 Å². The van der Waals surface area contributed by atoms with Crippen LogP contribution < -0.4 is 10.5 Å². The van der Waals surface area contributed by atoms with Gasteiger partial charge in [-0.3, -0.25) is 0 Å². The highest BCUT2D eigenvalue weighted by molar-refractivity contribution is 5.33. The van der Waals surface area contributed by atoms with Crippen molar-refractivity contribution in [3.63, 3.8) is 0 Å². The van der Waals surface area contributed by atoms with E-state index in [1.807, 2.05) is 0 Å². The Balaban J connectivity index is 3.16. The number of halogens is 3. The Hall–Kier alpha value is -1.27. The van der Waals surface area contributed by atoms with Gasteiger partial charge >= 0.3 is 6.18 Å². The van der Waals surface area contributed by atoms with Crippen molar-refractivity contribution in [3.8, 4) is 5.75 Å². The Morgan fingerprint density at radius 3 is 2.47 bits per heavy atom. The quantitative estimate of drug-likeness (QED) is 0.855. The summed E-state index contributed by atoms with van der Waals surface area (Å²) in [4.78, 5) is 0. The summed E-state index contributed by atoms with van der Waals surface area (Å²) in [5.74, 6) is 0.265. The van der Waals surface area contributed by atoms with E-state index in [1.165, 1.54) is 18.2 Å². The molecule has 1 rings (SSSR count). The summed E-state index contributed by atoms with van der Waals surface area (Å²) in [5.41, 5.74) is 1.68. The largest absolute Gasteiger partial charge is 0.494 e. The molecule has 0 spiro atoms. The maximum atomic E-state index is 12.7. The first-order chi connectivity index (χ1) is 7.85. The molecule has 1 unspecified atom stereocenters. The van der Waals surface area contributed by atoms with Gasteiger partial charge in [-0.25, -0.2) is 0 Å². The SMILES string of the molecule is CCOc1cccc(C(O)(CN)C(F)(F)F)c1. The van der Waals surface area contributed by atoms with Crippen LogP contribution in [0.5, 0.6) is 5.75 Å².